The number of carbonyl (C=O) groups is 1. The summed E-state index contributed by atoms with van der Waals surface area (Å²) in [6, 6.07) is 5.34. The standard InChI is InChI=1S/C16H19N7O/c1-12(2)15-21-19-11-22(15)9-7-18-16(24)14-10-13(4-6-17-14)23-8-3-5-20-23/h3-6,8,10-12H,7,9H2,1-2H3,(H,18,24). The molecule has 0 aliphatic carbocycles. The monoisotopic (exact) mass is 325 g/mol. The van der Waals surface area contributed by atoms with Gasteiger partial charge in [0.05, 0.1) is 5.69 Å². The van der Waals surface area contributed by atoms with E-state index in [-0.39, 0.29) is 11.8 Å². The Morgan fingerprint density at radius 2 is 2.21 bits per heavy atom. The number of aromatic nitrogens is 6. The molecule has 0 radical (unpaired) electrons. The van der Waals surface area contributed by atoms with Crippen molar-refractivity contribution in [2.75, 3.05) is 6.54 Å². The summed E-state index contributed by atoms with van der Waals surface area (Å²) in [7, 11) is 0. The minimum absolute atomic E-state index is 0.219. The van der Waals surface area contributed by atoms with Gasteiger partial charge >= 0.3 is 0 Å². The van der Waals surface area contributed by atoms with Crippen LogP contribution >= 0.6 is 0 Å². The van der Waals surface area contributed by atoms with Crippen LogP contribution in [0.5, 0.6) is 0 Å². The van der Waals surface area contributed by atoms with E-state index in [1.807, 2.05) is 16.8 Å². The lowest BCUT2D eigenvalue weighted by atomic mass is 10.2. The van der Waals surface area contributed by atoms with Crippen molar-refractivity contribution in [3.63, 3.8) is 0 Å². The Hall–Kier alpha value is -3.03. The lowest BCUT2D eigenvalue weighted by Crippen LogP contribution is -2.28. The first-order valence-corrected chi connectivity index (χ1v) is 7.77. The minimum atomic E-state index is -0.219. The molecular weight excluding hydrogens is 306 g/mol. The molecule has 3 rings (SSSR count). The summed E-state index contributed by atoms with van der Waals surface area (Å²) < 4.78 is 3.63. The van der Waals surface area contributed by atoms with E-state index in [1.54, 1.807) is 35.5 Å². The molecule has 1 amide bonds. The molecule has 0 aliphatic heterocycles. The van der Waals surface area contributed by atoms with Gasteiger partial charge < -0.3 is 9.88 Å². The van der Waals surface area contributed by atoms with Crippen molar-refractivity contribution in [1.82, 2.24) is 34.8 Å². The largest absolute Gasteiger partial charge is 0.349 e. The van der Waals surface area contributed by atoms with E-state index in [0.29, 0.717) is 18.8 Å². The van der Waals surface area contributed by atoms with E-state index in [1.165, 1.54) is 0 Å². The van der Waals surface area contributed by atoms with Gasteiger partial charge in [-0.1, -0.05) is 13.8 Å². The van der Waals surface area contributed by atoms with Crippen LogP contribution in [0.4, 0.5) is 0 Å². The predicted molar refractivity (Wildman–Crippen MR) is 87.8 cm³/mol. The molecular formula is C16H19N7O. The smallest absolute Gasteiger partial charge is 0.270 e. The second-order valence-electron chi connectivity index (χ2n) is 5.64. The van der Waals surface area contributed by atoms with Crippen LogP contribution in [0, 0.1) is 0 Å². The van der Waals surface area contributed by atoms with Crippen molar-refractivity contribution in [2.24, 2.45) is 0 Å². The van der Waals surface area contributed by atoms with E-state index in [0.717, 1.165) is 11.5 Å². The van der Waals surface area contributed by atoms with Crippen LogP contribution in [-0.2, 0) is 6.54 Å². The molecule has 8 nitrogen and oxygen atoms in total. The van der Waals surface area contributed by atoms with Crippen LogP contribution in [-0.4, -0.2) is 42.0 Å². The van der Waals surface area contributed by atoms with Crippen LogP contribution in [0.2, 0.25) is 0 Å². The molecule has 0 aromatic carbocycles. The van der Waals surface area contributed by atoms with Gasteiger partial charge in [-0.3, -0.25) is 9.78 Å². The van der Waals surface area contributed by atoms with Crippen molar-refractivity contribution in [1.29, 1.82) is 0 Å². The zero-order valence-corrected chi connectivity index (χ0v) is 13.6. The lowest BCUT2D eigenvalue weighted by molar-refractivity contribution is 0.0947. The van der Waals surface area contributed by atoms with E-state index in [9.17, 15) is 4.79 Å². The molecule has 124 valence electrons. The van der Waals surface area contributed by atoms with Crippen molar-refractivity contribution in [2.45, 2.75) is 26.3 Å². The number of hydrogen-bond acceptors (Lipinski definition) is 5. The summed E-state index contributed by atoms with van der Waals surface area (Å²) >= 11 is 0. The maximum atomic E-state index is 12.3. The van der Waals surface area contributed by atoms with Gasteiger partial charge in [-0.05, 0) is 18.2 Å². The third-order valence-corrected chi connectivity index (χ3v) is 3.55. The fourth-order valence-electron chi connectivity index (χ4n) is 2.37. The number of hydrogen-bond donors (Lipinski definition) is 1. The highest BCUT2D eigenvalue weighted by Crippen LogP contribution is 2.10. The molecule has 0 saturated carbocycles. The maximum Gasteiger partial charge on any atom is 0.270 e. The van der Waals surface area contributed by atoms with E-state index < -0.39 is 0 Å². The van der Waals surface area contributed by atoms with E-state index >= 15 is 0 Å². The molecule has 0 fully saturated rings. The molecule has 3 aromatic rings. The first kappa shape index (κ1) is 15.9. The highest BCUT2D eigenvalue weighted by atomic mass is 16.1. The van der Waals surface area contributed by atoms with Crippen molar-refractivity contribution in [3.8, 4) is 5.69 Å². The molecule has 0 spiro atoms. The maximum absolute atomic E-state index is 12.3. The fraction of sp³-hybridized carbons (Fsp3) is 0.312. The number of nitrogens with one attached hydrogen (secondary N) is 1. The van der Waals surface area contributed by atoms with Crippen LogP contribution in [0.3, 0.4) is 0 Å². The Bertz CT molecular complexity index is 807. The SMILES string of the molecule is CC(C)c1nncn1CCNC(=O)c1cc(-n2cccn2)ccn1. The average molecular weight is 325 g/mol. The first-order valence-electron chi connectivity index (χ1n) is 7.77. The van der Waals surface area contributed by atoms with Gasteiger partial charge in [0.25, 0.3) is 5.91 Å². The summed E-state index contributed by atoms with van der Waals surface area (Å²) in [5, 5.41) is 15.0. The predicted octanol–water partition coefficient (Wildman–Crippen LogP) is 1.41. The molecule has 0 unspecified atom stereocenters. The van der Waals surface area contributed by atoms with Crippen LogP contribution < -0.4 is 5.32 Å². The van der Waals surface area contributed by atoms with Gasteiger partial charge in [0.1, 0.15) is 17.8 Å². The molecule has 3 heterocycles. The highest BCUT2D eigenvalue weighted by molar-refractivity contribution is 5.92. The van der Waals surface area contributed by atoms with Gasteiger partial charge in [-0.25, -0.2) is 4.68 Å². The van der Waals surface area contributed by atoms with Crippen molar-refractivity contribution in [3.05, 3.63) is 54.6 Å². The van der Waals surface area contributed by atoms with Gasteiger partial charge in [0, 0.05) is 37.6 Å². The normalized spacial score (nSPS) is 11.0. The van der Waals surface area contributed by atoms with Gasteiger partial charge in [-0.2, -0.15) is 5.10 Å². The van der Waals surface area contributed by atoms with E-state index in [2.05, 4.69) is 39.4 Å². The molecule has 8 heteroatoms. The topological polar surface area (TPSA) is 90.5 Å². The Morgan fingerprint density at radius 3 is 2.96 bits per heavy atom. The highest BCUT2D eigenvalue weighted by Gasteiger charge is 2.11. The number of carbonyl (C=O) groups excluding carboxylic acids is 1. The number of amides is 1. The summed E-state index contributed by atoms with van der Waals surface area (Å²) in [6.07, 6.45) is 6.78. The summed E-state index contributed by atoms with van der Waals surface area (Å²) in [5.74, 6) is 0.974. The summed E-state index contributed by atoms with van der Waals surface area (Å²) in [6.45, 7) is 5.21. The molecule has 0 bridgehead atoms. The first-order chi connectivity index (χ1) is 11.6. The second kappa shape index (κ2) is 7.03. The lowest BCUT2D eigenvalue weighted by Gasteiger charge is -2.10. The zero-order chi connectivity index (χ0) is 16.9. The van der Waals surface area contributed by atoms with Crippen molar-refractivity contribution >= 4 is 5.91 Å². The van der Waals surface area contributed by atoms with Crippen LogP contribution in [0.1, 0.15) is 36.1 Å². The third kappa shape index (κ3) is 3.48. The molecule has 1 N–H and O–H groups in total. The average Bonchev–Trinajstić information content (AvgIpc) is 3.26. The molecule has 24 heavy (non-hydrogen) atoms. The number of nitrogens with zero attached hydrogens (tertiary/aromatic N) is 6. The van der Waals surface area contributed by atoms with Gasteiger partial charge in [0.15, 0.2) is 0 Å². The fourth-order valence-corrected chi connectivity index (χ4v) is 2.37. The second-order valence-corrected chi connectivity index (χ2v) is 5.64. The Kier molecular flexibility index (Phi) is 4.64. The zero-order valence-electron chi connectivity index (χ0n) is 13.6. The third-order valence-electron chi connectivity index (χ3n) is 3.55. The quantitative estimate of drug-likeness (QED) is 0.740. The number of rotatable bonds is 6. The Balaban J connectivity index is 1.61. The van der Waals surface area contributed by atoms with Gasteiger partial charge in [-0.15, -0.1) is 10.2 Å². The Labute approximate surface area is 139 Å². The van der Waals surface area contributed by atoms with E-state index in [4.69, 9.17) is 0 Å². The summed E-state index contributed by atoms with van der Waals surface area (Å²) in [4.78, 5) is 16.4. The van der Waals surface area contributed by atoms with Crippen LogP contribution in [0.15, 0.2) is 43.1 Å². The molecule has 3 aromatic heterocycles. The van der Waals surface area contributed by atoms with Crippen molar-refractivity contribution < 1.29 is 4.79 Å². The number of pyridine rings is 1. The molecule has 0 aliphatic rings. The summed E-state index contributed by atoms with van der Waals surface area (Å²) in [5.41, 5.74) is 1.15. The molecule has 0 atom stereocenters. The Morgan fingerprint density at radius 1 is 1.33 bits per heavy atom. The minimum Gasteiger partial charge on any atom is -0.349 e. The molecule has 0 saturated heterocycles. The van der Waals surface area contributed by atoms with Crippen LogP contribution in [0.25, 0.3) is 5.69 Å². The van der Waals surface area contributed by atoms with Gasteiger partial charge in [0.2, 0.25) is 0 Å².